The van der Waals surface area contributed by atoms with Crippen LogP contribution in [0.2, 0.25) is 0 Å². The number of aliphatic hydroxyl groups is 1. The van der Waals surface area contributed by atoms with Gasteiger partial charge >= 0.3 is 0 Å². The van der Waals surface area contributed by atoms with Crippen LogP contribution in [0.1, 0.15) is 75.8 Å². The monoisotopic (exact) mass is 726 g/mol. The third-order valence-corrected chi connectivity index (χ3v) is 12.4. The lowest BCUT2D eigenvalue weighted by atomic mass is 9.72. The molecule has 3 saturated heterocycles. The highest BCUT2D eigenvalue weighted by molar-refractivity contribution is 8.20. The lowest BCUT2D eigenvalue weighted by Gasteiger charge is -2.43. The van der Waals surface area contributed by atoms with Gasteiger partial charge in [0.2, 0.25) is 20.9 Å². The second-order valence-electron chi connectivity index (χ2n) is 13.4. The van der Waals surface area contributed by atoms with Crippen molar-refractivity contribution in [1.29, 1.82) is 0 Å². The summed E-state index contributed by atoms with van der Waals surface area (Å²) in [6.45, 7) is 5.04. The van der Waals surface area contributed by atoms with Gasteiger partial charge in [0, 0.05) is 62.2 Å². The van der Waals surface area contributed by atoms with E-state index in [-0.39, 0.29) is 58.4 Å². The lowest BCUT2D eigenvalue weighted by molar-refractivity contribution is -0.256. The topological polar surface area (TPSA) is 183 Å². The highest BCUT2D eigenvalue weighted by Gasteiger charge is 2.55. The Morgan fingerprint density at radius 3 is 2.64 bits per heavy atom. The van der Waals surface area contributed by atoms with E-state index < -0.39 is 83.1 Å². The number of carbonyl (C=O) groups is 3. The fraction of sp³-hybridized carbons (Fsp3) is 0.559. The molecule has 2 aromatic carbocycles. The number of phenols is 2. The van der Waals surface area contributed by atoms with Gasteiger partial charge in [0.05, 0.1) is 42.6 Å². The summed E-state index contributed by atoms with van der Waals surface area (Å²) >= 11 is 2.53. The molecule has 0 spiro atoms. The van der Waals surface area contributed by atoms with Gasteiger partial charge in [-0.2, -0.15) is 0 Å². The van der Waals surface area contributed by atoms with Crippen LogP contribution in [-0.4, -0.2) is 135 Å². The average Bonchev–Trinajstić information content (AvgIpc) is 3.49. The first-order valence-corrected chi connectivity index (χ1v) is 18.9. The molecule has 3 aliphatic heterocycles. The molecule has 5 aliphatic rings. The minimum atomic E-state index is -2.12. The molecule has 1 amide bonds. The lowest BCUT2D eigenvalue weighted by Crippen LogP contribution is -2.55. The van der Waals surface area contributed by atoms with E-state index in [1.807, 2.05) is 13.8 Å². The molecule has 2 aliphatic carbocycles. The van der Waals surface area contributed by atoms with Crippen molar-refractivity contribution in [1.82, 2.24) is 10.2 Å². The number of benzene rings is 2. The van der Waals surface area contributed by atoms with Crippen molar-refractivity contribution in [3.8, 4) is 17.2 Å². The number of ether oxygens (including phenoxy) is 6. The highest BCUT2D eigenvalue weighted by Crippen LogP contribution is 2.53. The maximum atomic E-state index is 14.0. The average molecular weight is 727 g/mol. The Hall–Kier alpha value is -2.75. The third-order valence-electron chi connectivity index (χ3n) is 10.4. The Morgan fingerprint density at radius 2 is 1.92 bits per heavy atom. The first kappa shape index (κ1) is 35.6. The molecule has 0 bridgehead atoms. The number of fused-ring (bicyclic) bond motifs is 6. The third kappa shape index (κ3) is 5.74. The van der Waals surface area contributed by atoms with Gasteiger partial charge in [-0.15, -0.1) is 0 Å². The summed E-state index contributed by atoms with van der Waals surface area (Å²) in [6.07, 6.45) is -4.43. The molecule has 16 heteroatoms. The number of phenolic OH excluding ortho intramolecular Hbond substituents is 2. The molecule has 2 aromatic rings. The van der Waals surface area contributed by atoms with E-state index in [0.29, 0.717) is 19.6 Å². The second-order valence-corrected chi connectivity index (χ2v) is 15.2. The van der Waals surface area contributed by atoms with E-state index >= 15 is 0 Å². The Labute approximate surface area is 300 Å². The van der Waals surface area contributed by atoms with E-state index in [1.165, 1.54) is 29.4 Å². The van der Waals surface area contributed by atoms with Crippen molar-refractivity contribution < 1.29 is 58.1 Å². The number of nitrogens with one attached hydrogen (secondary N) is 1. The molecule has 4 N–H and O–H groups in total. The minimum Gasteiger partial charge on any atom is -0.507 e. The van der Waals surface area contributed by atoms with Crippen LogP contribution in [0.5, 0.6) is 17.2 Å². The molecule has 9 atom stereocenters. The van der Waals surface area contributed by atoms with E-state index in [9.17, 15) is 29.7 Å². The van der Waals surface area contributed by atoms with Gasteiger partial charge < -0.3 is 49.1 Å². The van der Waals surface area contributed by atoms with Gasteiger partial charge in [-0.05, 0) is 18.2 Å². The first-order chi connectivity index (χ1) is 23.9. The summed E-state index contributed by atoms with van der Waals surface area (Å²) in [7, 11) is 4.37. The summed E-state index contributed by atoms with van der Waals surface area (Å²) in [6, 6.07) is 4.36. The number of hydrogen-bond acceptors (Lipinski definition) is 14. The minimum absolute atomic E-state index is 0.00292. The molecule has 7 rings (SSSR count). The molecule has 50 heavy (non-hydrogen) atoms. The number of ketones is 2. The molecule has 14 nitrogen and oxygen atoms in total. The van der Waals surface area contributed by atoms with Crippen LogP contribution in [-0.2, 0) is 34.9 Å². The first-order valence-electron chi connectivity index (χ1n) is 16.5. The van der Waals surface area contributed by atoms with Crippen molar-refractivity contribution in [2.75, 3.05) is 33.9 Å². The van der Waals surface area contributed by atoms with Crippen LogP contribution in [0.25, 0.3) is 0 Å². The molecule has 1 unspecified atom stereocenters. The molecule has 3 heterocycles. The van der Waals surface area contributed by atoms with E-state index in [1.54, 1.807) is 13.2 Å². The van der Waals surface area contributed by atoms with Crippen molar-refractivity contribution in [2.45, 2.75) is 87.1 Å². The zero-order valence-corrected chi connectivity index (χ0v) is 30.0. The van der Waals surface area contributed by atoms with Gasteiger partial charge in [0.1, 0.15) is 29.0 Å². The van der Waals surface area contributed by atoms with Crippen molar-refractivity contribution in [3.05, 3.63) is 51.6 Å². The largest absolute Gasteiger partial charge is 0.507 e. The molecule has 266 valence electrons. The summed E-state index contributed by atoms with van der Waals surface area (Å²) in [5.41, 5.74) is -3.06. The van der Waals surface area contributed by atoms with Crippen molar-refractivity contribution in [3.63, 3.8) is 0 Å². The Bertz CT molecular complexity index is 1730. The highest BCUT2D eigenvalue weighted by atomic mass is 32.3. The van der Waals surface area contributed by atoms with Gasteiger partial charge in [-0.25, -0.2) is 0 Å². The summed E-state index contributed by atoms with van der Waals surface area (Å²) < 4.78 is 35.8. The summed E-state index contributed by atoms with van der Waals surface area (Å²) in [5.74, 6) is -3.20. The smallest absolute Gasteiger partial charge is 0.252 e. The maximum Gasteiger partial charge on any atom is 0.252 e. The van der Waals surface area contributed by atoms with Gasteiger partial charge in [0.25, 0.3) is 5.91 Å². The van der Waals surface area contributed by atoms with Crippen LogP contribution >= 0.6 is 10.1 Å². The number of nitrogens with zero attached hydrogens (tertiary/aromatic N) is 1. The van der Waals surface area contributed by atoms with Gasteiger partial charge in [-0.3, -0.25) is 29.4 Å². The number of hydrogen-bond donors (Lipinski definition) is 4. The summed E-state index contributed by atoms with van der Waals surface area (Å²) in [5, 5.41) is 38.5. The zero-order chi connectivity index (χ0) is 35.6. The number of morpholine rings is 1. The fourth-order valence-electron chi connectivity index (χ4n) is 7.95. The second kappa shape index (κ2) is 13.7. The molecule has 3 fully saturated rings. The van der Waals surface area contributed by atoms with E-state index in [0.717, 1.165) is 0 Å². The maximum absolute atomic E-state index is 14.0. The van der Waals surface area contributed by atoms with Gasteiger partial charge in [-0.1, -0.05) is 19.1 Å². The number of aromatic hydroxyl groups is 2. The zero-order valence-electron chi connectivity index (χ0n) is 28.0. The van der Waals surface area contributed by atoms with Crippen LogP contribution in [0.15, 0.2) is 18.2 Å². The Kier molecular flexibility index (Phi) is 9.74. The number of methoxy groups -OCH3 is 2. The van der Waals surface area contributed by atoms with Crippen LogP contribution < -0.4 is 10.1 Å². The normalized spacial score (nSPS) is 32.3. The standard InChI is InChI=1S/C34H40N2O12S.Al/c1-14(49)13-35-33(41)34(42)11-17-23(29(40)25-24(27(17)38)26(37)16-6-5-7-19(43-3)22(16)28(25)39)20(12-34)47-21-10-18-30(15(2)46-21)48-31-32(44-4)45-9-8-36(18)31;/h5-7,14-15,18,20-21,30-32,38,40,42,49H,8-13H2,1-4H3,(H,35,41);/q;+1/p-1/t14?,15-,18-,20-,21-,30+,31+,32-,34-;/m0./s1. The van der Waals surface area contributed by atoms with Crippen LogP contribution in [0, 0.1) is 0 Å². The van der Waals surface area contributed by atoms with E-state index in [2.05, 4.69) is 25.4 Å². The molecular weight excluding hydrogens is 687 g/mol. The number of rotatable bonds is 8. The quantitative estimate of drug-likeness (QED) is 0.194. The van der Waals surface area contributed by atoms with Crippen LogP contribution in [0.3, 0.4) is 0 Å². The van der Waals surface area contributed by atoms with Crippen LogP contribution in [0.4, 0.5) is 0 Å². The summed E-state index contributed by atoms with van der Waals surface area (Å²) in [4.78, 5) is 43.7. The van der Waals surface area contributed by atoms with Crippen molar-refractivity contribution in [2.24, 2.45) is 0 Å². The molecule has 0 aromatic heterocycles. The molecular formula is C34H39AlN2O12S. The Balaban J connectivity index is 1.29. The predicted octanol–water partition coefficient (Wildman–Crippen LogP) is 1.47. The number of carbonyl (C=O) groups excluding carboxylic acids is 3. The number of amides is 1. The van der Waals surface area contributed by atoms with E-state index in [4.69, 9.17) is 28.4 Å². The predicted molar refractivity (Wildman–Crippen MR) is 177 cm³/mol. The van der Waals surface area contributed by atoms with Gasteiger partial charge in [0.15, 0.2) is 24.6 Å². The van der Waals surface area contributed by atoms with Crippen molar-refractivity contribution >= 4 is 42.8 Å². The molecule has 0 saturated carbocycles. The molecule has 2 radical (unpaired) electrons. The fourth-order valence-corrected chi connectivity index (χ4v) is 8.42. The SMILES string of the molecule is COc1cccc2c1C(=O)c1c(O)c3c(c(O)c1C2=O)C[C@@](O)(C(=O)NCC(C)[S][Al])C[C@@H]3O[C@H]1C[C@H]2[C@H](O[C@@H]3[C@@H](OC)OCCN32)[C@H](C)O1. The Morgan fingerprint density at radius 1 is 1.16 bits per heavy atom.